The number of anilines is 1. The van der Waals surface area contributed by atoms with Gasteiger partial charge in [-0.3, -0.25) is 5.32 Å². The first-order valence-electron chi connectivity index (χ1n) is 10.1. The minimum Gasteiger partial charge on any atom is -0.459 e. The SMILES string of the molecule is O=C(Nc1cc(F)c(F)cc1C(=O)OC1CCCC1)OCc1ccc2ccccc2c1. The summed E-state index contributed by atoms with van der Waals surface area (Å²) in [6.45, 7) is -0.0256. The number of esters is 1. The van der Waals surface area contributed by atoms with Crippen LogP contribution >= 0.6 is 0 Å². The van der Waals surface area contributed by atoms with Crippen molar-refractivity contribution in [3.8, 4) is 0 Å². The smallest absolute Gasteiger partial charge is 0.411 e. The van der Waals surface area contributed by atoms with E-state index >= 15 is 0 Å². The number of fused-ring (bicyclic) bond motifs is 1. The Bertz CT molecular complexity index is 1130. The average Bonchev–Trinajstić information content (AvgIpc) is 3.27. The van der Waals surface area contributed by atoms with Gasteiger partial charge in [0.2, 0.25) is 0 Å². The van der Waals surface area contributed by atoms with Gasteiger partial charge in [-0.25, -0.2) is 18.4 Å². The van der Waals surface area contributed by atoms with Crippen molar-refractivity contribution < 1.29 is 27.8 Å². The number of benzene rings is 3. The predicted octanol–water partition coefficient (Wildman–Crippen LogP) is 5.97. The number of ether oxygens (including phenoxy) is 2. The molecule has 0 radical (unpaired) electrons. The number of rotatable bonds is 5. The number of carbonyl (C=O) groups is 2. The molecule has 7 heteroatoms. The number of amides is 1. The van der Waals surface area contributed by atoms with Crippen LogP contribution in [0.25, 0.3) is 10.8 Å². The zero-order chi connectivity index (χ0) is 21.8. The van der Waals surface area contributed by atoms with Gasteiger partial charge < -0.3 is 9.47 Å². The number of nitrogens with one attached hydrogen (secondary N) is 1. The number of hydrogen-bond acceptors (Lipinski definition) is 4. The van der Waals surface area contributed by atoms with E-state index < -0.39 is 23.7 Å². The zero-order valence-corrected chi connectivity index (χ0v) is 16.7. The van der Waals surface area contributed by atoms with Gasteiger partial charge in [0.05, 0.1) is 11.3 Å². The van der Waals surface area contributed by atoms with Gasteiger partial charge in [0.15, 0.2) is 11.6 Å². The first-order valence-corrected chi connectivity index (χ1v) is 10.1. The van der Waals surface area contributed by atoms with Gasteiger partial charge in [-0.2, -0.15) is 0 Å². The third-order valence-corrected chi connectivity index (χ3v) is 5.28. The highest BCUT2D eigenvalue weighted by Crippen LogP contribution is 2.26. The Morgan fingerprint density at radius 2 is 1.65 bits per heavy atom. The molecule has 0 aromatic heterocycles. The van der Waals surface area contributed by atoms with Gasteiger partial charge in [0.25, 0.3) is 0 Å². The lowest BCUT2D eigenvalue weighted by Crippen LogP contribution is -2.20. The molecular weight excluding hydrogens is 404 g/mol. The van der Waals surface area contributed by atoms with Crippen LogP contribution in [-0.2, 0) is 16.1 Å². The van der Waals surface area contributed by atoms with E-state index in [2.05, 4.69) is 5.32 Å². The molecule has 0 bridgehead atoms. The fourth-order valence-corrected chi connectivity index (χ4v) is 3.66. The monoisotopic (exact) mass is 425 g/mol. The third-order valence-electron chi connectivity index (χ3n) is 5.28. The minimum absolute atomic E-state index is 0.0256. The second-order valence-corrected chi connectivity index (χ2v) is 7.51. The molecule has 160 valence electrons. The molecule has 1 N–H and O–H groups in total. The fourth-order valence-electron chi connectivity index (χ4n) is 3.66. The first kappa shape index (κ1) is 20.8. The molecule has 1 fully saturated rings. The molecule has 31 heavy (non-hydrogen) atoms. The van der Waals surface area contributed by atoms with Gasteiger partial charge in [0.1, 0.15) is 12.7 Å². The Labute approximate surface area is 178 Å². The van der Waals surface area contributed by atoms with Gasteiger partial charge in [0, 0.05) is 6.07 Å². The number of carbonyl (C=O) groups excluding carboxylic acids is 2. The lowest BCUT2D eigenvalue weighted by atomic mass is 10.1. The summed E-state index contributed by atoms with van der Waals surface area (Å²) < 4.78 is 38.1. The molecule has 1 saturated carbocycles. The summed E-state index contributed by atoms with van der Waals surface area (Å²) in [5.41, 5.74) is 0.305. The van der Waals surface area contributed by atoms with Crippen molar-refractivity contribution in [2.24, 2.45) is 0 Å². The molecule has 1 aliphatic carbocycles. The quantitative estimate of drug-likeness (QED) is 0.512. The van der Waals surface area contributed by atoms with E-state index in [4.69, 9.17) is 9.47 Å². The summed E-state index contributed by atoms with van der Waals surface area (Å²) in [4.78, 5) is 24.7. The van der Waals surface area contributed by atoms with Crippen molar-refractivity contribution in [2.75, 3.05) is 5.32 Å². The van der Waals surface area contributed by atoms with Crippen molar-refractivity contribution in [2.45, 2.75) is 38.4 Å². The lowest BCUT2D eigenvalue weighted by molar-refractivity contribution is 0.0318. The molecular formula is C24H21F2NO4. The highest BCUT2D eigenvalue weighted by molar-refractivity contribution is 5.99. The van der Waals surface area contributed by atoms with Gasteiger partial charge in [-0.15, -0.1) is 0 Å². The molecule has 1 aliphatic rings. The third kappa shape index (κ3) is 4.99. The maximum absolute atomic E-state index is 13.8. The fraction of sp³-hybridized carbons (Fsp3) is 0.250. The Hall–Kier alpha value is -3.48. The Balaban J connectivity index is 1.44. The second kappa shape index (κ2) is 9.12. The highest BCUT2D eigenvalue weighted by Gasteiger charge is 2.24. The van der Waals surface area contributed by atoms with Crippen LogP contribution in [0, 0.1) is 11.6 Å². The predicted molar refractivity (Wildman–Crippen MR) is 112 cm³/mol. The molecule has 0 atom stereocenters. The van der Waals surface area contributed by atoms with E-state index in [9.17, 15) is 18.4 Å². The van der Waals surface area contributed by atoms with E-state index in [0.717, 1.165) is 54.2 Å². The van der Waals surface area contributed by atoms with Gasteiger partial charge in [-0.1, -0.05) is 36.4 Å². The summed E-state index contributed by atoms with van der Waals surface area (Å²) in [5.74, 6) is -3.20. The second-order valence-electron chi connectivity index (χ2n) is 7.51. The Kier molecular flexibility index (Phi) is 6.11. The molecule has 1 amide bonds. The van der Waals surface area contributed by atoms with E-state index in [1.54, 1.807) is 0 Å². The van der Waals surface area contributed by atoms with E-state index in [1.165, 1.54) is 0 Å². The van der Waals surface area contributed by atoms with Crippen LogP contribution in [0.15, 0.2) is 54.6 Å². The minimum atomic E-state index is -1.20. The number of halogens is 2. The number of hydrogen-bond donors (Lipinski definition) is 1. The van der Waals surface area contributed by atoms with Crippen molar-refractivity contribution in [3.63, 3.8) is 0 Å². The Morgan fingerprint density at radius 1 is 0.935 bits per heavy atom. The molecule has 0 unspecified atom stereocenters. The van der Waals surface area contributed by atoms with Gasteiger partial charge in [-0.05, 0) is 54.2 Å². The molecule has 0 heterocycles. The Morgan fingerprint density at radius 3 is 2.42 bits per heavy atom. The van der Waals surface area contributed by atoms with E-state index in [1.807, 2.05) is 42.5 Å². The average molecular weight is 425 g/mol. The van der Waals surface area contributed by atoms with Crippen LogP contribution in [0.3, 0.4) is 0 Å². The van der Waals surface area contributed by atoms with Crippen LogP contribution in [0.4, 0.5) is 19.3 Å². The summed E-state index contributed by atoms with van der Waals surface area (Å²) in [7, 11) is 0. The molecule has 5 nitrogen and oxygen atoms in total. The topological polar surface area (TPSA) is 64.6 Å². The van der Waals surface area contributed by atoms with Crippen LogP contribution in [0.2, 0.25) is 0 Å². The normalized spacial score (nSPS) is 13.9. The van der Waals surface area contributed by atoms with Crippen molar-refractivity contribution >= 4 is 28.5 Å². The summed E-state index contributed by atoms with van der Waals surface area (Å²) in [5, 5.41) is 4.38. The van der Waals surface area contributed by atoms with Crippen molar-refractivity contribution in [1.29, 1.82) is 0 Å². The first-order chi connectivity index (χ1) is 15.0. The molecule has 0 aliphatic heterocycles. The summed E-state index contributed by atoms with van der Waals surface area (Å²) in [6.07, 6.45) is 2.20. The van der Waals surface area contributed by atoms with Crippen LogP contribution in [0.5, 0.6) is 0 Å². The van der Waals surface area contributed by atoms with E-state index in [0.29, 0.717) is 0 Å². The van der Waals surface area contributed by atoms with Crippen LogP contribution < -0.4 is 5.32 Å². The zero-order valence-electron chi connectivity index (χ0n) is 16.7. The molecule has 4 rings (SSSR count). The van der Waals surface area contributed by atoms with Crippen LogP contribution in [-0.4, -0.2) is 18.2 Å². The summed E-state index contributed by atoms with van der Waals surface area (Å²) in [6, 6.07) is 14.9. The highest BCUT2D eigenvalue weighted by atomic mass is 19.2. The molecule has 3 aromatic carbocycles. The standard InChI is InChI=1S/C24H21F2NO4/c25-20-12-19(23(28)31-18-7-3-4-8-18)22(13-21(20)26)27-24(29)30-14-15-9-10-16-5-1-2-6-17(16)11-15/h1-2,5-6,9-13,18H,3-4,7-8,14H2,(H,27,29). The molecule has 3 aromatic rings. The largest absolute Gasteiger partial charge is 0.459 e. The van der Waals surface area contributed by atoms with Crippen molar-refractivity contribution in [3.05, 3.63) is 77.4 Å². The maximum Gasteiger partial charge on any atom is 0.411 e. The lowest BCUT2D eigenvalue weighted by Gasteiger charge is -2.15. The maximum atomic E-state index is 13.8. The molecule has 0 spiro atoms. The van der Waals surface area contributed by atoms with E-state index in [-0.39, 0.29) is 24.0 Å². The summed E-state index contributed by atoms with van der Waals surface area (Å²) >= 11 is 0. The van der Waals surface area contributed by atoms with Gasteiger partial charge >= 0.3 is 12.1 Å². The van der Waals surface area contributed by atoms with Crippen molar-refractivity contribution in [1.82, 2.24) is 0 Å². The molecule has 0 saturated heterocycles. The van der Waals surface area contributed by atoms with Crippen LogP contribution in [0.1, 0.15) is 41.6 Å².